The van der Waals surface area contributed by atoms with Crippen molar-refractivity contribution in [2.45, 2.75) is 35.0 Å². The van der Waals surface area contributed by atoms with Gasteiger partial charge in [0.2, 0.25) is 0 Å². The summed E-state index contributed by atoms with van der Waals surface area (Å²) in [6.07, 6.45) is 2.45. The Balaban J connectivity index is 1.16. The van der Waals surface area contributed by atoms with E-state index in [-0.39, 0.29) is 22.7 Å². The second-order valence-electron chi connectivity index (χ2n) is 10.8. The fourth-order valence-electron chi connectivity index (χ4n) is 9.74. The Bertz CT molecular complexity index is 1150. The van der Waals surface area contributed by atoms with E-state index >= 15 is 0 Å². The predicted octanol–water partition coefficient (Wildman–Crippen LogP) is 4.93. The lowest BCUT2D eigenvalue weighted by molar-refractivity contribution is -0.248. The Labute approximate surface area is 185 Å². The third-order valence-electron chi connectivity index (χ3n) is 10.5. The number of hydrogen-bond acceptors (Lipinski definition) is 4. The second kappa shape index (κ2) is 5.28. The summed E-state index contributed by atoms with van der Waals surface area (Å²) in [5, 5.41) is 0. The van der Waals surface area contributed by atoms with E-state index in [1.54, 1.807) is 0 Å². The van der Waals surface area contributed by atoms with Crippen molar-refractivity contribution in [2.24, 2.45) is 46.3 Å². The van der Waals surface area contributed by atoms with E-state index < -0.39 is 0 Å². The fourth-order valence-corrected chi connectivity index (χ4v) is 10.9. The highest BCUT2D eigenvalue weighted by atomic mass is 32.2. The summed E-state index contributed by atoms with van der Waals surface area (Å²) in [5.41, 5.74) is 2.24. The normalized spacial score (nSPS) is 43.8. The predicted molar refractivity (Wildman–Crippen MR) is 116 cm³/mol. The minimum Gasteiger partial charge on any atom is -0.469 e. The van der Waals surface area contributed by atoms with Crippen molar-refractivity contribution in [1.82, 2.24) is 0 Å². The minimum atomic E-state index is -0.230. The minimum absolute atomic E-state index is 0.0137. The largest absolute Gasteiger partial charge is 0.469 e. The molecule has 0 bridgehead atoms. The molecule has 1 aliphatic heterocycles. The molecule has 5 aliphatic carbocycles. The molecule has 4 heteroatoms. The number of benzene rings is 2. The van der Waals surface area contributed by atoms with Crippen LogP contribution in [0.5, 0.6) is 0 Å². The number of carbonyl (C=O) groups is 2. The Morgan fingerprint density at radius 1 is 0.903 bits per heavy atom. The molecule has 8 unspecified atom stereocenters. The average Bonchev–Trinajstić information content (AvgIpc) is 3.01. The van der Waals surface area contributed by atoms with Gasteiger partial charge in [-0.05, 0) is 71.6 Å². The van der Waals surface area contributed by atoms with Crippen molar-refractivity contribution < 1.29 is 14.3 Å². The van der Waals surface area contributed by atoms with Crippen molar-refractivity contribution in [1.29, 1.82) is 0 Å². The number of esters is 1. The van der Waals surface area contributed by atoms with Crippen LogP contribution in [0, 0.1) is 46.3 Å². The van der Waals surface area contributed by atoms with Crippen LogP contribution >= 0.6 is 11.8 Å². The molecule has 156 valence electrons. The molecular weight excluding hydrogens is 404 g/mol. The number of Topliss-reactive ketones (excluding diaryl/α,β-unsaturated/α-hetero) is 1. The first-order chi connectivity index (χ1) is 15.1. The Hall–Kier alpha value is -2.07. The molecule has 2 aromatic rings. The number of rotatable bonds is 4. The highest BCUT2D eigenvalue weighted by Gasteiger charge is 2.96. The molecule has 8 rings (SSSR count). The summed E-state index contributed by atoms with van der Waals surface area (Å²) in [6.45, 7) is 0. The van der Waals surface area contributed by atoms with Gasteiger partial charge < -0.3 is 4.74 Å². The van der Waals surface area contributed by atoms with Crippen LogP contribution in [0.1, 0.15) is 36.3 Å². The Morgan fingerprint density at radius 2 is 1.45 bits per heavy atom. The number of ketones is 1. The van der Waals surface area contributed by atoms with Crippen molar-refractivity contribution in [3.8, 4) is 0 Å². The monoisotopic (exact) mass is 428 g/mol. The Morgan fingerprint density at radius 3 is 2.10 bits per heavy atom. The molecule has 0 amide bonds. The van der Waals surface area contributed by atoms with Gasteiger partial charge in [0.15, 0.2) is 0 Å². The van der Waals surface area contributed by atoms with E-state index in [4.69, 9.17) is 4.74 Å². The summed E-state index contributed by atoms with van der Waals surface area (Å²) >= 11 is 1.82. The standard InChI is InChI=1S/C27H24O3S/c1-30-25(29)27-12-16-21-23-22(24(21)27)17(27)11-26(16,23)20(28)10-15-13-6-2-4-8-18(13)31-19-9-5-3-7-14(15)19/h2-9,15-17,21-24H,10-12H2,1H3. The van der Waals surface area contributed by atoms with Gasteiger partial charge in [-0.1, -0.05) is 48.2 Å². The topological polar surface area (TPSA) is 43.4 Å². The third kappa shape index (κ3) is 1.61. The molecule has 1 heterocycles. The molecule has 8 atom stereocenters. The van der Waals surface area contributed by atoms with Gasteiger partial charge in [0.05, 0.1) is 12.5 Å². The summed E-state index contributed by atoms with van der Waals surface area (Å²) in [5.74, 6) is 3.78. The highest BCUT2D eigenvalue weighted by molar-refractivity contribution is 7.99. The van der Waals surface area contributed by atoms with E-state index in [9.17, 15) is 9.59 Å². The van der Waals surface area contributed by atoms with Crippen LogP contribution in [0.15, 0.2) is 58.3 Å². The first-order valence-electron chi connectivity index (χ1n) is 11.6. The molecule has 5 saturated carbocycles. The first-order valence-corrected chi connectivity index (χ1v) is 12.4. The number of ether oxygens (including phenoxy) is 1. The summed E-state index contributed by atoms with van der Waals surface area (Å²) in [6, 6.07) is 17.2. The molecule has 31 heavy (non-hydrogen) atoms. The molecule has 5 fully saturated rings. The molecule has 0 N–H and O–H groups in total. The van der Waals surface area contributed by atoms with Crippen LogP contribution in [-0.2, 0) is 14.3 Å². The van der Waals surface area contributed by atoms with E-state index in [2.05, 4.69) is 48.5 Å². The first kappa shape index (κ1) is 17.5. The molecule has 0 aromatic heterocycles. The summed E-state index contributed by atoms with van der Waals surface area (Å²) in [4.78, 5) is 29.4. The molecular formula is C27H24O3S. The van der Waals surface area contributed by atoms with Crippen molar-refractivity contribution >= 4 is 23.5 Å². The van der Waals surface area contributed by atoms with Crippen LogP contribution in [0.25, 0.3) is 0 Å². The Kier molecular flexibility index (Phi) is 2.98. The van der Waals surface area contributed by atoms with Crippen LogP contribution in [0.2, 0.25) is 0 Å². The molecule has 2 aromatic carbocycles. The van der Waals surface area contributed by atoms with Gasteiger partial charge in [-0.25, -0.2) is 0 Å². The van der Waals surface area contributed by atoms with Crippen LogP contribution < -0.4 is 0 Å². The van der Waals surface area contributed by atoms with Gasteiger partial charge >= 0.3 is 5.97 Å². The maximum absolute atomic E-state index is 14.1. The maximum atomic E-state index is 14.1. The molecule has 0 radical (unpaired) electrons. The summed E-state index contributed by atoms with van der Waals surface area (Å²) in [7, 11) is 1.54. The van der Waals surface area contributed by atoms with E-state index in [0.717, 1.165) is 12.8 Å². The van der Waals surface area contributed by atoms with Crippen LogP contribution in [-0.4, -0.2) is 18.9 Å². The third-order valence-corrected chi connectivity index (χ3v) is 11.7. The van der Waals surface area contributed by atoms with Gasteiger partial charge in [0.25, 0.3) is 0 Å². The second-order valence-corrected chi connectivity index (χ2v) is 11.8. The lowest BCUT2D eigenvalue weighted by atomic mass is 9.32. The van der Waals surface area contributed by atoms with Crippen LogP contribution in [0.4, 0.5) is 0 Å². The maximum Gasteiger partial charge on any atom is 0.312 e. The van der Waals surface area contributed by atoms with E-state index in [1.807, 2.05) is 11.8 Å². The zero-order chi connectivity index (χ0) is 20.7. The quantitative estimate of drug-likeness (QED) is 0.648. The average molecular weight is 429 g/mol. The SMILES string of the molecule is COC(=O)C12CC3C4C5C(C1CC35C(=O)CC1c3ccccc3Sc3ccccc31)C42. The van der Waals surface area contributed by atoms with E-state index in [1.165, 1.54) is 28.0 Å². The van der Waals surface area contributed by atoms with Crippen molar-refractivity contribution in [3.05, 3.63) is 59.7 Å². The number of carbonyl (C=O) groups excluding carboxylic acids is 2. The molecule has 0 spiro atoms. The highest BCUT2D eigenvalue weighted by Crippen LogP contribution is 2.96. The number of hydrogen-bond donors (Lipinski definition) is 0. The molecule has 6 aliphatic rings. The molecule has 0 saturated heterocycles. The lowest BCUT2D eigenvalue weighted by Crippen LogP contribution is -2.71. The smallest absolute Gasteiger partial charge is 0.312 e. The van der Waals surface area contributed by atoms with Gasteiger partial charge in [-0.3, -0.25) is 9.59 Å². The fraction of sp³-hybridized carbons (Fsp3) is 0.481. The lowest BCUT2D eigenvalue weighted by Gasteiger charge is -2.70. The number of fused-ring (bicyclic) bond motifs is 4. The number of methoxy groups -OCH3 is 1. The van der Waals surface area contributed by atoms with Gasteiger partial charge in [-0.2, -0.15) is 0 Å². The summed E-state index contributed by atoms with van der Waals surface area (Å²) < 4.78 is 5.26. The molecule has 3 nitrogen and oxygen atoms in total. The van der Waals surface area contributed by atoms with Crippen molar-refractivity contribution in [3.63, 3.8) is 0 Å². The van der Waals surface area contributed by atoms with E-state index in [0.29, 0.717) is 47.7 Å². The van der Waals surface area contributed by atoms with Gasteiger partial charge in [0, 0.05) is 27.5 Å². The van der Waals surface area contributed by atoms with Gasteiger partial charge in [0.1, 0.15) is 5.78 Å². The zero-order valence-corrected chi connectivity index (χ0v) is 18.2. The van der Waals surface area contributed by atoms with Crippen molar-refractivity contribution in [2.75, 3.05) is 7.11 Å². The van der Waals surface area contributed by atoms with Crippen LogP contribution in [0.3, 0.4) is 0 Å². The zero-order valence-electron chi connectivity index (χ0n) is 17.4. The van der Waals surface area contributed by atoms with Gasteiger partial charge in [-0.15, -0.1) is 0 Å².